The summed E-state index contributed by atoms with van der Waals surface area (Å²) in [5.41, 5.74) is 0. The number of esters is 1. The Hall–Kier alpha value is -1.59. The van der Waals surface area contributed by atoms with Crippen molar-refractivity contribution in [3.8, 4) is 5.75 Å². The number of para-hydroxylation sites is 1. The molecule has 118 valence electrons. The van der Waals surface area contributed by atoms with Crippen molar-refractivity contribution in [1.82, 2.24) is 5.32 Å². The highest BCUT2D eigenvalue weighted by atomic mass is 16.6. The Morgan fingerprint density at radius 3 is 2.57 bits per heavy atom. The lowest BCUT2D eigenvalue weighted by Gasteiger charge is -2.19. The molecule has 1 aromatic rings. The van der Waals surface area contributed by atoms with Gasteiger partial charge in [-0.2, -0.15) is 0 Å². The minimum Gasteiger partial charge on any atom is -0.482 e. The SMILES string of the molecule is CCOCC(CNC(C)C)OC(=O)COc1ccccc1. The van der Waals surface area contributed by atoms with Crippen molar-refractivity contribution in [2.45, 2.75) is 32.9 Å². The smallest absolute Gasteiger partial charge is 0.344 e. The number of carbonyl (C=O) groups is 1. The molecule has 0 bridgehead atoms. The largest absolute Gasteiger partial charge is 0.482 e. The fraction of sp³-hybridized carbons (Fsp3) is 0.562. The topological polar surface area (TPSA) is 56.8 Å². The van der Waals surface area contributed by atoms with Gasteiger partial charge in [0.25, 0.3) is 0 Å². The standard InChI is InChI=1S/C16H25NO4/c1-4-19-11-15(10-17-13(2)3)21-16(18)12-20-14-8-6-5-7-9-14/h5-9,13,15,17H,4,10-12H2,1-3H3. The van der Waals surface area contributed by atoms with Crippen molar-refractivity contribution in [3.05, 3.63) is 30.3 Å². The lowest BCUT2D eigenvalue weighted by molar-refractivity contribution is -0.154. The van der Waals surface area contributed by atoms with E-state index < -0.39 is 5.97 Å². The molecule has 0 aliphatic carbocycles. The van der Waals surface area contributed by atoms with Gasteiger partial charge >= 0.3 is 5.97 Å². The zero-order valence-corrected chi connectivity index (χ0v) is 13.0. The molecule has 0 spiro atoms. The quantitative estimate of drug-likeness (QED) is 0.669. The fourth-order valence-corrected chi connectivity index (χ4v) is 1.63. The van der Waals surface area contributed by atoms with Crippen molar-refractivity contribution in [2.75, 3.05) is 26.4 Å². The third-order valence-corrected chi connectivity index (χ3v) is 2.66. The maximum Gasteiger partial charge on any atom is 0.344 e. The second-order valence-electron chi connectivity index (χ2n) is 4.94. The van der Waals surface area contributed by atoms with E-state index in [0.717, 1.165) is 0 Å². The normalized spacial score (nSPS) is 12.2. The maximum absolute atomic E-state index is 11.8. The Balaban J connectivity index is 2.35. The molecule has 1 atom stereocenters. The minimum absolute atomic E-state index is 0.103. The van der Waals surface area contributed by atoms with Crippen LogP contribution in [0, 0.1) is 0 Å². The van der Waals surface area contributed by atoms with Crippen LogP contribution in [0.25, 0.3) is 0 Å². The molecule has 1 rings (SSSR count). The van der Waals surface area contributed by atoms with Gasteiger partial charge in [-0.1, -0.05) is 32.0 Å². The molecular formula is C16H25NO4. The Kier molecular flexibility index (Phi) is 8.47. The van der Waals surface area contributed by atoms with Gasteiger partial charge in [-0.25, -0.2) is 4.79 Å². The molecule has 0 heterocycles. The van der Waals surface area contributed by atoms with E-state index in [-0.39, 0.29) is 12.7 Å². The molecule has 5 heteroatoms. The molecule has 0 amide bonds. The molecule has 5 nitrogen and oxygen atoms in total. The van der Waals surface area contributed by atoms with E-state index in [0.29, 0.717) is 31.5 Å². The van der Waals surface area contributed by atoms with Crippen LogP contribution in [-0.2, 0) is 14.3 Å². The minimum atomic E-state index is -0.394. The van der Waals surface area contributed by atoms with E-state index in [4.69, 9.17) is 14.2 Å². The Morgan fingerprint density at radius 1 is 1.24 bits per heavy atom. The Labute approximate surface area is 126 Å². The van der Waals surface area contributed by atoms with Gasteiger partial charge in [-0.05, 0) is 19.1 Å². The van der Waals surface area contributed by atoms with E-state index in [1.807, 2.05) is 39.0 Å². The third-order valence-electron chi connectivity index (χ3n) is 2.66. The van der Waals surface area contributed by atoms with Crippen molar-refractivity contribution < 1.29 is 19.0 Å². The number of nitrogens with one attached hydrogen (secondary N) is 1. The summed E-state index contributed by atoms with van der Waals surface area (Å²) < 4.78 is 16.1. The first kappa shape index (κ1) is 17.5. The predicted molar refractivity (Wildman–Crippen MR) is 81.4 cm³/mol. The van der Waals surface area contributed by atoms with Crippen molar-refractivity contribution in [3.63, 3.8) is 0 Å². The van der Waals surface area contributed by atoms with Gasteiger partial charge in [0.15, 0.2) is 6.61 Å². The van der Waals surface area contributed by atoms with E-state index in [9.17, 15) is 4.79 Å². The average molecular weight is 295 g/mol. The lowest BCUT2D eigenvalue weighted by atomic mass is 10.3. The van der Waals surface area contributed by atoms with Crippen molar-refractivity contribution >= 4 is 5.97 Å². The highest BCUT2D eigenvalue weighted by molar-refractivity contribution is 5.71. The van der Waals surface area contributed by atoms with Crippen LogP contribution in [0.5, 0.6) is 5.75 Å². The van der Waals surface area contributed by atoms with Crippen LogP contribution in [0.4, 0.5) is 0 Å². The molecule has 0 saturated carbocycles. The van der Waals surface area contributed by atoms with Crippen molar-refractivity contribution in [1.29, 1.82) is 0 Å². The Bertz CT molecular complexity index is 395. The highest BCUT2D eigenvalue weighted by Crippen LogP contribution is 2.08. The first-order chi connectivity index (χ1) is 10.1. The van der Waals surface area contributed by atoms with Gasteiger partial charge in [-0.3, -0.25) is 0 Å². The lowest BCUT2D eigenvalue weighted by Crippen LogP contribution is -2.38. The molecule has 0 saturated heterocycles. The second kappa shape index (κ2) is 10.2. The summed E-state index contributed by atoms with van der Waals surface area (Å²) in [6.07, 6.45) is -0.306. The molecule has 1 N–H and O–H groups in total. The summed E-state index contributed by atoms with van der Waals surface area (Å²) in [5.74, 6) is 0.255. The van der Waals surface area contributed by atoms with E-state index in [1.54, 1.807) is 12.1 Å². The fourth-order valence-electron chi connectivity index (χ4n) is 1.63. The molecular weight excluding hydrogens is 270 g/mol. The summed E-state index contributed by atoms with van der Waals surface area (Å²) in [7, 11) is 0. The molecule has 0 aliphatic heterocycles. The van der Waals surface area contributed by atoms with Gasteiger partial charge in [0.05, 0.1) is 6.61 Å². The zero-order valence-electron chi connectivity index (χ0n) is 13.0. The summed E-state index contributed by atoms with van der Waals surface area (Å²) in [6, 6.07) is 9.52. The van der Waals surface area contributed by atoms with Gasteiger partial charge in [-0.15, -0.1) is 0 Å². The molecule has 0 aromatic heterocycles. The van der Waals surface area contributed by atoms with Gasteiger partial charge in [0.2, 0.25) is 0 Å². The second-order valence-corrected chi connectivity index (χ2v) is 4.94. The van der Waals surface area contributed by atoms with Crippen LogP contribution in [0.15, 0.2) is 30.3 Å². The Morgan fingerprint density at radius 2 is 1.95 bits per heavy atom. The summed E-state index contributed by atoms with van der Waals surface area (Å²) in [5, 5.41) is 3.24. The molecule has 21 heavy (non-hydrogen) atoms. The highest BCUT2D eigenvalue weighted by Gasteiger charge is 2.15. The van der Waals surface area contributed by atoms with E-state index in [2.05, 4.69) is 5.32 Å². The van der Waals surface area contributed by atoms with E-state index >= 15 is 0 Å². The molecule has 0 radical (unpaired) electrons. The van der Waals surface area contributed by atoms with Crippen LogP contribution in [0.1, 0.15) is 20.8 Å². The van der Waals surface area contributed by atoms with Gasteiger partial charge in [0, 0.05) is 19.2 Å². The molecule has 1 aromatic carbocycles. The monoisotopic (exact) mass is 295 g/mol. The van der Waals surface area contributed by atoms with E-state index in [1.165, 1.54) is 0 Å². The first-order valence-corrected chi connectivity index (χ1v) is 7.30. The number of carbonyl (C=O) groups excluding carboxylic acids is 1. The van der Waals surface area contributed by atoms with Crippen LogP contribution in [0.3, 0.4) is 0 Å². The summed E-state index contributed by atoms with van der Waals surface area (Å²) >= 11 is 0. The molecule has 1 unspecified atom stereocenters. The number of ether oxygens (including phenoxy) is 3. The molecule has 0 fully saturated rings. The summed E-state index contributed by atoms with van der Waals surface area (Å²) in [4.78, 5) is 11.8. The number of benzene rings is 1. The van der Waals surface area contributed by atoms with Crippen LogP contribution in [0.2, 0.25) is 0 Å². The number of hydrogen-bond donors (Lipinski definition) is 1. The molecule has 0 aliphatic rings. The van der Waals surface area contributed by atoms with Crippen molar-refractivity contribution in [2.24, 2.45) is 0 Å². The maximum atomic E-state index is 11.8. The first-order valence-electron chi connectivity index (χ1n) is 7.30. The average Bonchev–Trinajstić information content (AvgIpc) is 2.49. The predicted octanol–water partition coefficient (Wildman–Crippen LogP) is 2.01. The van der Waals surface area contributed by atoms with Gasteiger partial charge < -0.3 is 19.5 Å². The van der Waals surface area contributed by atoms with Gasteiger partial charge in [0.1, 0.15) is 11.9 Å². The number of hydrogen-bond acceptors (Lipinski definition) is 5. The summed E-state index contributed by atoms with van der Waals surface area (Å²) in [6.45, 7) is 7.43. The third kappa shape index (κ3) is 8.32. The zero-order chi connectivity index (χ0) is 15.5. The number of rotatable bonds is 10. The van der Waals surface area contributed by atoms with Crippen LogP contribution < -0.4 is 10.1 Å². The van der Waals surface area contributed by atoms with Crippen LogP contribution in [-0.4, -0.2) is 44.5 Å². The van der Waals surface area contributed by atoms with Crippen LogP contribution >= 0.6 is 0 Å².